The van der Waals surface area contributed by atoms with Crippen LogP contribution in [0.5, 0.6) is 5.75 Å². The maximum absolute atomic E-state index is 5.38. The standard InChI is InChI=1S/C11H13NO/c1-3-4-9-13-11-7-5-10(12-2)6-8-11/h1,5-8,12H,4,9H2,2H3. The Morgan fingerprint density at radius 3 is 2.62 bits per heavy atom. The predicted octanol–water partition coefficient (Wildman–Crippen LogP) is 2.13. The zero-order valence-corrected chi connectivity index (χ0v) is 7.71. The number of hydrogen-bond donors (Lipinski definition) is 1. The lowest BCUT2D eigenvalue weighted by Gasteiger charge is -2.04. The van der Waals surface area contributed by atoms with Gasteiger partial charge in [-0.25, -0.2) is 0 Å². The van der Waals surface area contributed by atoms with E-state index in [2.05, 4.69) is 11.2 Å². The van der Waals surface area contributed by atoms with Crippen LogP contribution in [0.25, 0.3) is 0 Å². The van der Waals surface area contributed by atoms with Gasteiger partial charge in [-0.05, 0) is 24.3 Å². The second-order valence-corrected chi connectivity index (χ2v) is 2.58. The van der Waals surface area contributed by atoms with E-state index in [1.165, 1.54) is 0 Å². The van der Waals surface area contributed by atoms with Crippen molar-refractivity contribution in [2.45, 2.75) is 6.42 Å². The van der Waals surface area contributed by atoms with Crippen LogP contribution in [-0.4, -0.2) is 13.7 Å². The monoisotopic (exact) mass is 175 g/mol. The van der Waals surface area contributed by atoms with Crippen LogP contribution in [0, 0.1) is 12.3 Å². The Kier molecular flexibility index (Phi) is 3.72. The number of hydrogen-bond acceptors (Lipinski definition) is 2. The topological polar surface area (TPSA) is 21.3 Å². The fourth-order valence-corrected chi connectivity index (χ4v) is 0.946. The summed E-state index contributed by atoms with van der Waals surface area (Å²) < 4.78 is 5.38. The van der Waals surface area contributed by atoms with Crippen molar-refractivity contribution >= 4 is 5.69 Å². The molecule has 0 radical (unpaired) electrons. The molecule has 1 aromatic carbocycles. The van der Waals surface area contributed by atoms with Gasteiger partial charge in [0.1, 0.15) is 5.75 Å². The van der Waals surface area contributed by atoms with Gasteiger partial charge in [-0.1, -0.05) is 0 Å². The van der Waals surface area contributed by atoms with Crippen LogP contribution in [-0.2, 0) is 0 Å². The van der Waals surface area contributed by atoms with Crippen LogP contribution in [0.2, 0.25) is 0 Å². The molecule has 0 saturated carbocycles. The Labute approximate surface area is 78.9 Å². The molecule has 0 amide bonds. The van der Waals surface area contributed by atoms with Crippen molar-refractivity contribution in [1.29, 1.82) is 0 Å². The lowest BCUT2D eigenvalue weighted by molar-refractivity contribution is 0.327. The summed E-state index contributed by atoms with van der Waals surface area (Å²) in [6.07, 6.45) is 5.74. The maximum atomic E-state index is 5.38. The van der Waals surface area contributed by atoms with Crippen molar-refractivity contribution in [2.24, 2.45) is 0 Å². The molecule has 0 saturated heterocycles. The fourth-order valence-electron chi connectivity index (χ4n) is 0.946. The molecule has 0 aromatic heterocycles. The van der Waals surface area contributed by atoms with Crippen molar-refractivity contribution in [3.63, 3.8) is 0 Å². The number of rotatable bonds is 4. The van der Waals surface area contributed by atoms with Crippen LogP contribution in [0.15, 0.2) is 24.3 Å². The highest BCUT2D eigenvalue weighted by atomic mass is 16.5. The quantitative estimate of drug-likeness (QED) is 0.559. The number of benzene rings is 1. The van der Waals surface area contributed by atoms with E-state index in [0.717, 1.165) is 11.4 Å². The van der Waals surface area contributed by atoms with Gasteiger partial charge in [0.25, 0.3) is 0 Å². The third-order valence-electron chi connectivity index (χ3n) is 1.66. The van der Waals surface area contributed by atoms with Crippen LogP contribution in [0.4, 0.5) is 5.69 Å². The third kappa shape index (κ3) is 3.08. The van der Waals surface area contributed by atoms with Gasteiger partial charge in [-0.2, -0.15) is 0 Å². The van der Waals surface area contributed by atoms with E-state index in [1.54, 1.807) is 0 Å². The maximum Gasteiger partial charge on any atom is 0.119 e. The first-order valence-corrected chi connectivity index (χ1v) is 4.21. The SMILES string of the molecule is C#CCCOc1ccc(NC)cc1. The first-order chi connectivity index (χ1) is 6.36. The Hall–Kier alpha value is -1.62. The van der Waals surface area contributed by atoms with Gasteiger partial charge in [-0.15, -0.1) is 12.3 Å². The molecule has 2 heteroatoms. The van der Waals surface area contributed by atoms with E-state index in [-0.39, 0.29) is 0 Å². The number of ether oxygens (including phenoxy) is 1. The van der Waals surface area contributed by atoms with Gasteiger partial charge in [0, 0.05) is 19.2 Å². The van der Waals surface area contributed by atoms with Crippen molar-refractivity contribution in [2.75, 3.05) is 19.0 Å². The summed E-state index contributed by atoms with van der Waals surface area (Å²) in [5, 5.41) is 3.03. The Morgan fingerprint density at radius 1 is 1.38 bits per heavy atom. The largest absolute Gasteiger partial charge is 0.493 e. The van der Waals surface area contributed by atoms with Crippen LogP contribution in [0.1, 0.15) is 6.42 Å². The summed E-state index contributed by atoms with van der Waals surface area (Å²) in [6.45, 7) is 0.579. The molecule has 0 atom stereocenters. The van der Waals surface area contributed by atoms with Gasteiger partial charge in [0.05, 0.1) is 6.61 Å². The average molecular weight is 175 g/mol. The summed E-state index contributed by atoms with van der Waals surface area (Å²) >= 11 is 0. The zero-order chi connectivity index (χ0) is 9.52. The average Bonchev–Trinajstić information content (AvgIpc) is 2.19. The van der Waals surface area contributed by atoms with Crippen molar-refractivity contribution in [3.05, 3.63) is 24.3 Å². The summed E-state index contributed by atoms with van der Waals surface area (Å²) in [5.41, 5.74) is 1.07. The number of anilines is 1. The molecule has 2 nitrogen and oxygen atoms in total. The van der Waals surface area contributed by atoms with Crippen molar-refractivity contribution < 1.29 is 4.74 Å². The minimum Gasteiger partial charge on any atom is -0.493 e. The molecule has 1 N–H and O–H groups in total. The molecule has 1 aromatic rings. The molecule has 0 aliphatic heterocycles. The molecule has 1 rings (SSSR count). The van der Waals surface area contributed by atoms with Gasteiger partial charge >= 0.3 is 0 Å². The Morgan fingerprint density at radius 2 is 2.08 bits per heavy atom. The molecule has 0 bridgehead atoms. The molecule has 0 unspecified atom stereocenters. The van der Waals surface area contributed by atoms with E-state index in [0.29, 0.717) is 13.0 Å². The second-order valence-electron chi connectivity index (χ2n) is 2.58. The van der Waals surface area contributed by atoms with Crippen molar-refractivity contribution in [1.82, 2.24) is 0 Å². The van der Waals surface area contributed by atoms with Crippen molar-refractivity contribution in [3.8, 4) is 18.1 Å². The van der Waals surface area contributed by atoms with Gasteiger partial charge < -0.3 is 10.1 Å². The highest BCUT2D eigenvalue weighted by Gasteiger charge is 1.92. The second kappa shape index (κ2) is 5.10. The van der Waals surface area contributed by atoms with Gasteiger partial charge in [-0.3, -0.25) is 0 Å². The van der Waals surface area contributed by atoms with E-state index < -0.39 is 0 Å². The molecular weight excluding hydrogens is 162 g/mol. The fraction of sp³-hybridized carbons (Fsp3) is 0.273. The molecular formula is C11H13NO. The van der Waals surface area contributed by atoms with E-state index in [9.17, 15) is 0 Å². The lowest BCUT2D eigenvalue weighted by atomic mass is 10.3. The van der Waals surface area contributed by atoms with E-state index >= 15 is 0 Å². The van der Waals surface area contributed by atoms with Crippen LogP contribution < -0.4 is 10.1 Å². The smallest absolute Gasteiger partial charge is 0.119 e. The minimum atomic E-state index is 0.579. The van der Waals surface area contributed by atoms with E-state index in [1.807, 2.05) is 31.3 Å². The minimum absolute atomic E-state index is 0.579. The molecule has 0 spiro atoms. The number of nitrogens with one attached hydrogen (secondary N) is 1. The molecule has 0 heterocycles. The highest BCUT2D eigenvalue weighted by molar-refractivity contribution is 5.45. The summed E-state index contributed by atoms with van der Waals surface area (Å²) in [4.78, 5) is 0. The Bertz CT molecular complexity index is 284. The predicted molar refractivity (Wildman–Crippen MR) is 54.9 cm³/mol. The molecule has 68 valence electrons. The zero-order valence-electron chi connectivity index (χ0n) is 7.71. The summed E-state index contributed by atoms with van der Waals surface area (Å²) in [5.74, 6) is 3.38. The van der Waals surface area contributed by atoms with Crippen LogP contribution >= 0.6 is 0 Å². The Balaban J connectivity index is 2.45. The van der Waals surface area contributed by atoms with Gasteiger partial charge in [0.2, 0.25) is 0 Å². The van der Waals surface area contributed by atoms with E-state index in [4.69, 9.17) is 11.2 Å². The highest BCUT2D eigenvalue weighted by Crippen LogP contribution is 2.14. The normalized spacial score (nSPS) is 8.92. The van der Waals surface area contributed by atoms with Gasteiger partial charge in [0.15, 0.2) is 0 Å². The first-order valence-electron chi connectivity index (χ1n) is 4.21. The molecule has 0 fully saturated rings. The first kappa shape index (κ1) is 9.47. The molecule has 0 aliphatic carbocycles. The summed E-state index contributed by atoms with van der Waals surface area (Å²) in [6, 6.07) is 7.76. The third-order valence-corrected chi connectivity index (χ3v) is 1.66. The van der Waals surface area contributed by atoms with Crippen LogP contribution in [0.3, 0.4) is 0 Å². The molecule has 13 heavy (non-hydrogen) atoms. The number of terminal acetylenes is 1. The molecule has 0 aliphatic rings. The summed E-state index contributed by atoms with van der Waals surface area (Å²) in [7, 11) is 1.88. The lowest BCUT2D eigenvalue weighted by Crippen LogP contribution is -1.95.